The Kier molecular flexibility index (Phi) is 4.63. The monoisotopic (exact) mass is 390 g/mol. The minimum atomic E-state index is -3.09. The number of carbonyl (C=O) groups excluding carboxylic acids is 2. The van der Waals surface area contributed by atoms with Crippen molar-refractivity contribution in [2.24, 2.45) is 0 Å². The lowest BCUT2D eigenvalue weighted by Gasteiger charge is -2.25. The van der Waals surface area contributed by atoms with Crippen molar-refractivity contribution in [3.8, 4) is 0 Å². The van der Waals surface area contributed by atoms with Gasteiger partial charge < -0.3 is 10.2 Å². The molecule has 1 unspecified atom stereocenters. The fourth-order valence-corrected chi connectivity index (χ4v) is 5.43. The summed E-state index contributed by atoms with van der Waals surface area (Å²) in [5.74, 6) is -0.376. The summed E-state index contributed by atoms with van der Waals surface area (Å²) in [4.78, 5) is 31.8. The van der Waals surface area contributed by atoms with Gasteiger partial charge in [-0.1, -0.05) is 6.07 Å². The number of hydrogen-bond acceptors (Lipinski definition) is 5. The SMILES string of the molecule is O=C(NC1CCS(=O)(=O)C1)c1nc(C(=O)N2CCCCC2)n2ccccc12. The third kappa shape index (κ3) is 3.55. The van der Waals surface area contributed by atoms with Crippen LogP contribution < -0.4 is 5.32 Å². The van der Waals surface area contributed by atoms with E-state index in [1.165, 1.54) is 0 Å². The molecule has 1 atom stereocenters. The van der Waals surface area contributed by atoms with Gasteiger partial charge in [0.1, 0.15) is 0 Å². The Bertz CT molecular complexity index is 992. The quantitative estimate of drug-likeness (QED) is 0.838. The number of likely N-dealkylation sites (tertiary alicyclic amines) is 1. The first-order valence-corrected chi connectivity index (χ1v) is 11.0. The number of hydrogen-bond donors (Lipinski definition) is 1. The van der Waals surface area contributed by atoms with E-state index in [4.69, 9.17) is 0 Å². The molecule has 8 nitrogen and oxygen atoms in total. The van der Waals surface area contributed by atoms with Gasteiger partial charge in [0, 0.05) is 25.3 Å². The first-order chi connectivity index (χ1) is 12.9. The topological polar surface area (TPSA) is 101 Å². The summed E-state index contributed by atoms with van der Waals surface area (Å²) in [6.07, 6.45) is 5.18. The molecular formula is C18H22N4O4S. The Hall–Kier alpha value is -2.42. The fraction of sp³-hybridized carbons (Fsp3) is 0.500. The van der Waals surface area contributed by atoms with Crippen LogP contribution in [0.1, 0.15) is 46.8 Å². The lowest BCUT2D eigenvalue weighted by atomic mass is 10.1. The average molecular weight is 390 g/mol. The summed E-state index contributed by atoms with van der Waals surface area (Å²) in [7, 11) is -3.09. The lowest BCUT2D eigenvalue weighted by Crippen LogP contribution is -2.37. The van der Waals surface area contributed by atoms with Gasteiger partial charge in [-0.25, -0.2) is 13.4 Å². The van der Waals surface area contributed by atoms with Crippen LogP contribution in [0.5, 0.6) is 0 Å². The molecule has 4 heterocycles. The van der Waals surface area contributed by atoms with Crippen molar-refractivity contribution >= 4 is 27.2 Å². The number of pyridine rings is 1. The van der Waals surface area contributed by atoms with Crippen molar-refractivity contribution in [2.45, 2.75) is 31.7 Å². The van der Waals surface area contributed by atoms with Crippen LogP contribution in [0.15, 0.2) is 24.4 Å². The standard InChI is InChI=1S/C18H22N4O4S/c23-17(19-13-7-11-27(25,26)12-13)15-14-6-2-5-10-22(14)16(20-15)18(24)21-8-3-1-4-9-21/h2,5-6,10,13H,1,3-4,7-9,11-12H2,(H,19,23). The zero-order chi connectivity index (χ0) is 19.0. The van der Waals surface area contributed by atoms with Crippen molar-refractivity contribution in [1.82, 2.24) is 19.6 Å². The van der Waals surface area contributed by atoms with Gasteiger partial charge in [0.05, 0.1) is 17.0 Å². The molecule has 0 radical (unpaired) electrons. The molecule has 2 fully saturated rings. The van der Waals surface area contributed by atoms with Crippen LogP contribution in [-0.2, 0) is 9.84 Å². The largest absolute Gasteiger partial charge is 0.347 e. The molecule has 27 heavy (non-hydrogen) atoms. The molecule has 9 heteroatoms. The van der Waals surface area contributed by atoms with Crippen LogP contribution in [0.3, 0.4) is 0 Å². The van der Waals surface area contributed by atoms with E-state index in [9.17, 15) is 18.0 Å². The Labute approximate surface area is 157 Å². The van der Waals surface area contributed by atoms with Gasteiger partial charge in [-0.15, -0.1) is 0 Å². The Morgan fingerprint density at radius 3 is 2.63 bits per heavy atom. The van der Waals surface area contributed by atoms with Crippen LogP contribution in [-0.4, -0.2) is 65.2 Å². The first kappa shape index (κ1) is 18.0. The molecule has 0 aromatic carbocycles. The van der Waals surface area contributed by atoms with E-state index in [1.54, 1.807) is 33.7 Å². The van der Waals surface area contributed by atoms with Gasteiger partial charge in [-0.2, -0.15) is 0 Å². The summed E-state index contributed by atoms with van der Waals surface area (Å²) < 4.78 is 24.9. The zero-order valence-corrected chi connectivity index (χ0v) is 15.7. The second-order valence-corrected chi connectivity index (χ2v) is 9.39. The summed E-state index contributed by atoms with van der Waals surface area (Å²) >= 11 is 0. The van der Waals surface area contributed by atoms with E-state index in [2.05, 4.69) is 10.3 Å². The van der Waals surface area contributed by atoms with Crippen molar-refractivity contribution in [1.29, 1.82) is 0 Å². The third-order valence-electron chi connectivity index (χ3n) is 5.17. The summed E-state index contributed by atoms with van der Waals surface area (Å²) in [6, 6.07) is 4.89. The minimum absolute atomic E-state index is 0.0515. The minimum Gasteiger partial charge on any atom is -0.347 e. The van der Waals surface area contributed by atoms with Crippen molar-refractivity contribution in [3.05, 3.63) is 35.9 Å². The second kappa shape index (κ2) is 6.95. The van der Waals surface area contributed by atoms with Gasteiger partial charge in [0.25, 0.3) is 11.8 Å². The summed E-state index contributed by atoms with van der Waals surface area (Å²) in [5.41, 5.74) is 0.691. The number of nitrogens with one attached hydrogen (secondary N) is 1. The predicted octanol–water partition coefficient (Wildman–Crippen LogP) is 0.877. The maximum Gasteiger partial charge on any atom is 0.290 e. The Morgan fingerprint density at radius 1 is 1.15 bits per heavy atom. The molecular weight excluding hydrogens is 368 g/mol. The summed E-state index contributed by atoms with van der Waals surface area (Å²) in [5, 5.41) is 2.76. The second-order valence-electron chi connectivity index (χ2n) is 7.17. The molecule has 0 saturated carbocycles. The maximum absolute atomic E-state index is 12.9. The number of amides is 2. The van der Waals surface area contributed by atoms with Crippen LogP contribution in [0.2, 0.25) is 0 Å². The maximum atomic E-state index is 12.9. The average Bonchev–Trinajstić information content (AvgIpc) is 3.22. The Morgan fingerprint density at radius 2 is 1.93 bits per heavy atom. The molecule has 2 aromatic heterocycles. The highest BCUT2D eigenvalue weighted by Gasteiger charge is 2.31. The highest BCUT2D eigenvalue weighted by Crippen LogP contribution is 2.18. The molecule has 2 aliphatic rings. The molecule has 0 aliphatic carbocycles. The number of piperidine rings is 1. The highest BCUT2D eigenvalue weighted by molar-refractivity contribution is 7.91. The Balaban J connectivity index is 1.63. The number of carbonyl (C=O) groups is 2. The van der Waals surface area contributed by atoms with E-state index >= 15 is 0 Å². The van der Waals surface area contributed by atoms with Crippen LogP contribution >= 0.6 is 0 Å². The van der Waals surface area contributed by atoms with Crippen LogP contribution in [0.25, 0.3) is 5.52 Å². The van der Waals surface area contributed by atoms with Crippen molar-refractivity contribution in [3.63, 3.8) is 0 Å². The smallest absolute Gasteiger partial charge is 0.290 e. The van der Waals surface area contributed by atoms with Gasteiger partial charge in [0.15, 0.2) is 15.5 Å². The zero-order valence-electron chi connectivity index (χ0n) is 14.9. The fourth-order valence-electron chi connectivity index (χ4n) is 3.76. The predicted molar refractivity (Wildman–Crippen MR) is 99.5 cm³/mol. The van der Waals surface area contributed by atoms with E-state index in [0.29, 0.717) is 25.0 Å². The van der Waals surface area contributed by atoms with E-state index in [1.807, 2.05) is 0 Å². The number of aromatic nitrogens is 2. The molecule has 0 bridgehead atoms. The lowest BCUT2D eigenvalue weighted by molar-refractivity contribution is 0.0711. The first-order valence-electron chi connectivity index (χ1n) is 9.22. The number of imidazole rings is 1. The number of sulfone groups is 1. The van der Waals surface area contributed by atoms with E-state index in [0.717, 1.165) is 19.3 Å². The van der Waals surface area contributed by atoms with Gasteiger partial charge in [-0.05, 0) is 37.8 Å². The number of nitrogens with zero attached hydrogens (tertiary/aromatic N) is 3. The normalized spacial score (nSPS) is 22.1. The molecule has 144 valence electrons. The molecule has 2 aliphatic heterocycles. The number of fused-ring (bicyclic) bond motifs is 1. The molecule has 0 spiro atoms. The molecule has 2 amide bonds. The van der Waals surface area contributed by atoms with Gasteiger partial charge >= 0.3 is 0 Å². The third-order valence-corrected chi connectivity index (χ3v) is 6.93. The molecule has 2 saturated heterocycles. The van der Waals surface area contributed by atoms with Crippen LogP contribution in [0, 0.1) is 0 Å². The van der Waals surface area contributed by atoms with Gasteiger partial charge in [-0.3, -0.25) is 14.0 Å². The molecule has 2 aromatic rings. The highest BCUT2D eigenvalue weighted by atomic mass is 32.2. The number of rotatable bonds is 3. The van der Waals surface area contributed by atoms with E-state index in [-0.39, 0.29) is 28.9 Å². The van der Waals surface area contributed by atoms with Crippen molar-refractivity contribution in [2.75, 3.05) is 24.6 Å². The molecule has 4 rings (SSSR count). The van der Waals surface area contributed by atoms with Crippen molar-refractivity contribution < 1.29 is 18.0 Å². The summed E-state index contributed by atoms with van der Waals surface area (Å²) in [6.45, 7) is 1.39. The van der Waals surface area contributed by atoms with Crippen LogP contribution in [0.4, 0.5) is 0 Å². The van der Waals surface area contributed by atoms with E-state index < -0.39 is 21.8 Å². The molecule has 1 N–H and O–H groups in total. The van der Waals surface area contributed by atoms with Gasteiger partial charge in [0.2, 0.25) is 5.82 Å².